The summed E-state index contributed by atoms with van der Waals surface area (Å²) in [4.78, 5) is 11.4. The second-order valence-corrected chi connectivity index (χ2v) is 5.87. The summed E-state index contributed by atoms with van der Waals surface area (Å²) in [6, 6.07) is 14.6. The zero-order valence-electron chi connectivity index (χ0n) is 13.6. The van der Waals surface area contributed by atoms with Crippen LogP contribution in [0.3, 0.4) is 0 Å². The Morgan fingerprint density at radius 1 is 1.12 bits per heavy atom. The summed E-state index contributed by atoms with van der Waals surface area (Å²) in [7, 11) is 0. The van der Waals surface area contributed by atoms with Crippen LogP contribution in [-0.2, 0) is 11.2 Å². The van der Waals surface area contributed by atoms with Gasteiger partial charge in [-0.3, -0.25) is 4.79 Å². The molecule has 1 heterocycles. The molecule has 1 amide bonds. The highest BCUT2D eigenvalue weighted by atomic mass is 19.3. The van der Waals surface area contributed by atoms with Gasteiger partial charge < -0.3 is 14.8 Å². The third-order valence-corrected chi connectivity index (χ3v) is 4.12. The van der Waals surface area contributed by atoms with E-state index in [1.165, 1.54) is 6.07 Å². The first-order valence-electron chi connectivity index (χ1n) is 8.14. The Kier molecular flexibility index (Phi) is 5.48. The Morgan fingerprint density at radius 2 is 1.92 bits per heavy atom. The highest BCUT2D eigenvalue weighted by molar-refractivity contribution is 5.79. The number of hydrogen-bond acceptors (Lipinski definition) is 3. The average Bonchev–Trinajstić information content (AvgIpc) is 3.03. The Hall–Kier alpha value is -2.63. The Balaban J connectivity index is 1.72. The van der Waals surface area contributed by atoms with Crippen LogP contribution in [-0.4, -0.2) is 25.7 Å². The molecular weight excluding hydrogens is 328 g/mol. The molecule has 0 spiro atoms. The Labute approximate surface area is 144 Å². The van der Waals surface area contributed by atoms with E-state index in [2.05, 4.69) is 10.1 Å². The highest BCUT2D eigenvalue weighted by Gasteiger charge is 2.24. The van der Waals surface area contributed by atoms with Gasteiger partial charge in [-0.05, 0) is 23.3 Å². The number of hydrogen-bond donors (Lipinski definition) is 1. The molecule has 1 aliphatic rings. The van der Waals surface area contributed by atoms with E-state index in [1.807, 2.05) is 30.3 Å². The minimum Gasteiger partial charge on any atom is -0.489 e. The van der Waals surface area contributed by atoms with Gasteiger partial charge in [0.2, 0.25) is 5.91 Å². The first-order valence-corrected chi connectivity index (χ1v) is 8.14. The molecule has 1 atom stereocenters. The molecule has 1 fully saturated rings. The molecule has 1 saturated heterocycles. The van der Waals surface area contributed by atoms with Gasteiger partial charge in [0, 0.05) is 25.3 Å². The van der Waals surface area contributed by atoms with Crippen molar-refractivity contribution < 1.29 is 23.0 Å². The van der Waals surface area contributed by atoms with Gasteiger partial charge in [-0.2, -0.15) is 8.78 Å². The first-order chi connectivity index (χ1) is 12.1. The minimum atomic E-state index is -2.92. The van der Waals surface area contributed by atoms with Gasteiger partial charge in [0.1, 0.15) is 0 Å². The summed E-state index contributed by atoms with van der Waals surface area (Å²) < 4.78 is 35.5. The lowest BCUT2D eigenvalue weighted by Crippen LogP contribution is -2.13. The van der Waals surface area contributed by atoms with Crippen LogP contribution in [0.5, 0.6) is 11.5 Å². The van der Waals surface area contributed by atoms with Crippen LogP contribution in [0.25, 0.3) is 0 Å². The van der Waals surface area contributed by atoms with Crippen molar-refractivity contribution in [3.8, 4) is 11.5 Å². The number of alkyl halides is 2. The number of benzene rings is 2. The van der Waals surface area contributed by atoms with Gasteiger partial charge in [-0.25, -0.2) is 0 Å². The summed E-state index contributed by atoms with van der Waals surface area (Å²) in [5.41, 5.74) is 1.97. The molecule has 2 aromatic rings. The van der Waals surface area contributed by atoms with Crippen molar-refractivity contribution in [2.45, 2.75) is 25.4 Å². The third-order valence-electron chi connectivity index (χ3n) is 4.12. The second-order valence-electron chi connectivity index (χ2n) is 5.87. The van der Waals surface area contributed by atoms with E-state index in [9.17, 15) is 13.6 Å². The van der Waals surface area contributed by atoms with E-state index in [0.717, 1.165) is 11.1 Å². The van der Waals surface area contributed by atoms with Gasteiger partial charge in [0.15, 0.2) is 11.5 Å². The monoisotopic (exact) mass is 347 g/mol. The zero-order valence-corrected chi connectivity index (χ0v) is 13.6. The molecule has 1 unspecified atom stereocenters. The maximum absolute atomic E-state index is 12.6. The van der Waals surface area contributed by atoms with Crippen molar-refractivity contribution in [1.29, 1.82) is 0 Å². The molecule has 3 rings (SSSR count). The van der Waals surface area contributed by atoms with Crippen LogP contribution < -0.4 is 14.8 Å². The van der Waals surface area contributed by atoms with E-state index >= 15 is 0 Å². The average molecular weight is 347 g/mol. The first kappa shape index (κ1) is 17.2. The normalized spacial score (nSPS) is 16.8. The number of ether oxygens (including phenoxy) is 2. The van der Waals surface area contributed by atoms with E-state index < -0.39 is 6.61 Å². The number of amides is 1. The maximum atomic E-state index is 12.6. The number of halogens is 2. The number of carbonyl (C=O) groups excluding carboxylic acids is 1. The van der Waals surface area contributed by atoms with E-state index in [-0.39, 0.29) is 23.3 Å². The molecule has 0 saturated carbocycles. The fourth-order valence-corrected chi connectivity index (χ4v) is 2.85. The molecule has 0 aliphatic carbocycles. The number of nitrogens with one attached hydrogen (secondary N) is 1. The fourth-order valence-electron chi connectivity index (χ4n) is 2.85. The second kappa shape index (κ2) is 7.96. The van der Waals surface area contributed by atoms with Crippen molar-refractivity contribution in [2.75, 3.05) is 13.2 Å². The van der Waals surface area contributed by atoms with Crippen LogP contribution in [0.1, 0.15) is 23.5 Å². The van der Waals surface area contributed by atoms with Crippen molar-refractivity contribution in [2.24, 2.45) is 0 Å². The summed E-state index contributed by atoms with van der Waals surface area (Å²) >= 11 is 0. The van der Waals surface area contributed by atoms with Crippen molar-refractivity contribution in [3.63, 3.8) is 0 Å². The molecule has 0 bridgehead atoms. The SMILES string of the molecule is O=C1CC(c2ccc(OC(F)F)c(OCCc3ccccc3)c2)CN1. The van der Waals surface area contributed by atoms with Crippen molar-refractivity contribution in [3.05, 3.63) is 59.7 Å². The molecule has 6 heteroatoms. The van der Waals surface area contributed by atoms with E-state index in [1.54, 1.807) is 12.1 Å². The Bertz CT molecular complexity index is 722. The Morgan fingerprint density at radius 3 is 2.60 bits per heavy atom. The van der Waals surface area contributed by atoms with Crippen LogP contribution in [0.15, 0.2) is 48.5 Å². The summed E-state index contributed by atoms with van der Waals surface area (Å²) in [5.74, 6) is 0.284. The standard InChI is InChI=1S/C19H19F2NO3/c20-19(21)25-16-7-6-14(15-11-18(23)22-12-15)10-17(16)24-9-8-13-4-2-1-3-5-13/h1-7,10,15,19H,8-9,11-12H2,(H,22,23). The van der Waals surface area contributed by atoms with Gasteiger partial charge in [0.05, 0.1) is 6.61 Å². The van der Waals surface area contributed by atoms with Crippen molar-refractivity contribution in [1.82, 2.24) is 5.32 Å². The van der Waals surface area contributed by atoms with Crippen LogP contribution in [0, 0.1) is 0 Å². The minimum absolute atomic E-state index is 0.00379. The quantitative estimate of drug-likeness (QED) is 0.834. The topological polar surface area (TPSA) is 47.6 Å². The number of carbonyl (C=O) groups is 1. The fraction of sp³-hybridized carbons (Fsp3) is 0.316. The van der Waals surface area contributed by atoms with Crippen LogP contribution in [0.2, 0.25) is 0 Å². The third kappa shape index (κ3) is 4.68. The molecule has 1 N–H and O–H groups in total. The van der Waals surface area contributed by atoms with Gasteiger partial charge in [0.25, 0.3) is 0 Å². The van der Waals surface area contributed by atoms with Gasteiger partial charge in [-0.1, -0.05) is 36.4 Å². The lowest BCUT2D eigenvalue weighted by molar-refractivity contribution is -0.119. The summed E-state index contributed by atoms with van der Waals surface area (Å²) in [5, 5.41) is 2.77. The zero-order chi connectivity index (χ0) is 17.6. The lowest BCUT2D eigenvalue weighted by atomic mass is 9.98. The summed E-state index contributed by atoms with van der Waals surface area (Å²) in [6.07, 6.45) is 1.04. The molecule has 1 aliphatic heterocycles. The molecule has 25 heavy (non-hydrogen) atoms. The van der Waals surface area contributed by atoms with Crippen molar-refractivity contribution >= 4 is 5.91 Å². The predicted molar refractivity (Wildman–Crippen MR) is 89.1 cm³/mol. The number of rotatable bonds is 7. The van der Waals surface area contributed by atoms with E-state index in [0.29, 0.717) is 26.0 Å². The maximum Gasteiger partial charge on any atom is 0.387 e. The highest BCUT2D eigenvalue weighted by Crippen LogP contribution is 2.34. The molecular formula is C19H19F2NO3. The van der Waals surface area contributed by atoms with E-state index in [4.69, 9.17) is 4.74 Å². The summed E-state index contributed by atoms with van der Waals surface area (Å²) in [6.45, 7) is -2.04. The van der Waals surface area contributed by atoms with Crippen LogP contribution in [0.4, 0.5) is 8.78 Å². The van der Waals surface area contributed by atoms with Gasteiger partial charge in [-0.15, -0.1) is 0 Å². The molecule has 0 aromatic heterocycles. The molecule has 4 nitrogen and oxygen atoms in total. The van der Waals surface area contributed by atoms with Crippen LogP contribution >= 0.6 is 0 Å². The van der Waals surface area contributed by atoms with Gasteiger partial charge >= 0.3 is 6.61 Å². The largest absolute Gasteiger partial charge is 0.489 e. The lowest BCUT2D eigenvalue weighted by Gasteiger charge is -2.15. The predicted octanol–water partition coefficient (Wildman–Crippen LogP) is 3.51. The smallest absolute Gasteiger partial charge is 0.387 e. The molecule has 0 radical (unpaired) electrons. The molecule has 132 valence electrons. The molecule has 2 aromatic carbocycles.